The molecule has 0 unspecified atom stereocenters. The van der Waals surface area contributed by atoms with E-state index in [-0.39, 0.29) is 18.2 Å². The van der Waals surface area contributed by atoms with Gasteiger partial charge in [0.2, 0.25) is 0 Å². The lowest BCUT2D eigenvalue weighted by atomic mass is 9.99. The van der Waals surface area contributed by atoms with Crippen molar-refractivity contribution in [3.8, 4) is 0 Å². The molecule has 5 nitrogen and oxygen atoms in total. The number of hydrogen-bond donors (Lipinski definition) is 2. The van der Waals surface area contributed by atoms with E-state index < -0.39 is 0 Å². The highest BCUT2D eigenvalue weighted by molar-refractivity contribution is 5.69. The lowest BCUT2D eigenvalue weighted by Gasteiger charge is -2.32. The second-order valence-electron chi connectivity index (χ2n) is 8.63. The van der Waals surface area contributed by atoms with Gasteiger partial charge in [0.15, 0.2) is 0 Å². The van der Waals surface area contributed by atoms with Crippen molar-refractivity contribution in [2.75, 3.05) is 20.1 Å². The Morgan fingerprint density at radius 1 is 0.879 bits per heavy atom. The SMILES string of the molecule is CNCc1ccc(CN2CCC(OC(=O)NC(c3ccccc3)c3ccccc3)CC2)cc1. The molecule has 0 atom stereocenters. The number of rotatable bonds is 8. The Hall–Kier alpha value is -3.15. The zero-order valence-electron chi connectivity index (χ0n) is 19.2. The fourth-order valence-corrected chi connectivity index (χ4v) is 4.36. The predicted molar refractivity (Wildman–Crippen MR) is 132 cm³/mol. The van der Waals surface area contributed by atoms with Crippen LogP contribution in [-0.4, -0.2) is 37.2 Å². The van der Waals surface area contributed by atoms with E-state index in [1.54, 1.807) is 0 Å². The highest BCUT2D eigenvalue weighted by Crippen LogP contribution is 2.23. The number of nitrogens with zero attached hydrogens (tertiary/aromatic N) is 1. The first kappa shape index (κ1) is 23.0. The van der Waals surface area contributed by atoms with E-state index in [1.807, 2.05) is 67.7 Å². The number of amides is 1. The summed E-state index contributed by atoms with van der Waals surface area (Å²) in [7, 11) is 1.96. The zero-order valence-corrected chi connectivity index (χ0v) is 19.2. The molecule has 1 aliphatic heterocycles. The molecule has 1 fully saturated rings. The Morgan fingerprint density at radius 3 is 1.97 bits per heavy atom. The number of ether oxygens (including phenoxy) is 1. The average Bonchev–Trinajstić information content (AvgIpc) is 2.86. The second kappa shape index (κ2) is 11.6. The Morgan fingerprint density at radius 2 is 1.42 bits per heavy atom. The molecule has 1 saturated heterocycles. The van der Waals surface area contributed by atoms with Crippen LogP contribution < -0.4 is 10.6 Å². The number of likely N-dealkylation sites (tertiary alicyclic amines) is 1. The van der Waals surface area contributed by atoms with E-state index in [4.69, 9.17) is 4.74 Å². The molecular weight excluding hydrogens is 410 g/mol. The molecule has 3 aromatic rings. The van der Waals surface area contributed by atoms with Crippen LogP contribution in [0.4, 0.5) is 4.79 Å². The van der Waals surface area contributed by atoms with Crippen molar-refractivity contribution < 1.29 is 9.53 Å². The molecule has 0 spiro atoms. The van der Waals surface area contributed by atoms with Gasteiger partial charge in [-0.05, 0) is 42.1 Å². The number of hydrogen-bond acceptors (Lipinski definition) is 4. The molecule has 0 aliphatic carbocycles. The summed E-state index contributed by atoms with van der Waals surface area (Å²) in [5.74, 6) is 0. The van der Waals surface area contributed by atoms with Crippen LogP contribution in [0.2, 0.25) is 0 Å². The molecule has 5 heteroatoms. The van der Waals surface area contributed by atoms with Gasteiger partial charge in [-0.1, -0.05) is 84.9 Å². The Kier molecular flexibility index (Phi) is 8.12. The number of piperidine rings is 1. The van der Waals surface area contributed by atoms with Gasteiger partial charge in [-0.3, -0.25) is 4.90 Å². The summed E-state index contributed by atoms with van der Waals surface area (Å²) in [5, 5.41) is 6.26. The highest BCUT2D eigenvalue weighted by atomic mass is 16.6. The molecule has 2 N–H and O–H groups in total. The average molecular weight is 444 g/mol. The lowest BCUT2D eigenvalue weighted by molar-refractivity contribution is 0.0476. The van der Waals surface area contributed by atoms with Crippen LogP contribution in [0.1, 0.15) is 41.1 Å². The van der Waals surface area contributed by atoms with Crippen molar-refractivity contribution in [3.05, 3.63) is 107 Å². The Balaban J connectivity index is 1.28. The van der Waals surface area contributed by atoms with Gasteiger partial charge in [-0.25, -0.2) is 4.79 Å². The van der Waals surface area contributed by atoms with E-state index in [2.05, 4.69) is 39.8 Å². The summed E-state index contributed by atoms with van der Waals surface area (Å²) in [6, 6.07) is 28.6. The lowest BCUT2D eigenvalue weighted by Crippen LogP contribution is -2.40. The van der Waals surface area contributed by atoms with Gasteiger partial charge >= 0.3 is 6.09 Å². The molecular formula is C28H33N3O2. The van der Waals surface area contributed by atoms with Crippen LogP contribution >= 0.6 is 0 Å². The summed E-state index contributed by atoms with van der Waals surface area (Å²) >= 11 is 0. The topological polar surface area (TPSA) is 53.6 Å². The summed E-state index contributed by atoms with van der Waals surface area (Å²) in [6.45, 7) is 3.68. The monoisotopic (exact) mass is 443 g/mol. The number of benzene rings is 3. The number of carbonyl (C=O) groups is 1. The van der Waals surface area contributed by atoms with Gasteiger partial charge in [0.25, 0.3) is 0 Å². The fraction of sp³-hybridized carbons (Fsp3) is 0.321. The highest BCUT2D eigenvalue weighted by Gasteiger charge is 2.24. The fourth-order valence-electron chi connectivity index (χ4n) is 4.36. The quantitative estimate of drug-likeness (QED) is 0.521. The molecule has 4 rings (SSSR count). The smallest absolute Gasteiger partial charge is 0.408 e. The van der Waals surface area contributed by atoms with Crippen LogP contribution in [-0.2, 0) is 17.8 Å². The van der Waals surface area contributed by atoms with Gasteiger partial charge in [0.05, 0.1) is 6.04 Å². The molecule has 3 aromatic carbocycles. The normalized spacial score (nSPS) is 14.8. The van der Waals surface area contributed by atoms with E-state index >= 15 is 0 Å². The maximum Gasteiger partial charge on any atom is 0.408 e. The van der Waals surface area contributed by atoms with Crippen molar-refractivity contribution in [2.45, 2.75) is 38.1 Å². The van der Waals surface area contributed by atoms with Gasteiger partial charge in [0, 0.05) is 26.2 Å². The maximum atomic E-state index is 12.8. The summed E-state index contributed by atoms with van der Waals surface area (Å²) in [4.78, 5) is 15.2. The first-order valence-corrected chi connectivity index (χ1v) is 11.7. The molecule has 0 radical (unpaired) electrons. The predicted octanol–water partition coefficient (Wildman–Crippen LogP) is 4.89. The van der Waals surface area contributed by atoms with Crippen molar-refractivity contribution in [1.29, 1.82) is 0 Å². The molecule has 1 amide bonds. The summed E-state index contributed by atoms with van der Waals surface area (Å²) in [6.07, 6.45) is 1.30. The first-order chi connectivity index (χ1) is 16.2. The van der Waals surface area contributed by atoms with Crippen LogP contribution in [0.5, 0.6) is 0 Å². The number of nitrogens with one attached hydrogen (secondary N) is 2. The van der Waals surface area contributed by atoms with Crippen LogP contribution in [0, 0.1) is 0 Å². The third kappa shape index (κ3) is 6.67. The number of alkyl carbamates (subject to hydrolysis) is 1. The van der Waals surface area contributed by atoms with E-state index in [0.717, 1.165) is 50.1 Å². The van der Waals surface area contributed by atoms with Crippen molar-refractivity contribution in [1.82, 2.24) is 15.5 Å². The largest absolute Gasteiger partial charge is 0.446 e. The molecule has 33 heavy (non-hydrogen) atoms. The molecule has 1 heterocycles. The van der Waals surface area contributed by atoms with Gasteiger partial charge < -0.3 is 15.4 Å². The van der Waals surface area contributed by atoms with Crippen molar-refractivity contribution in [3.63, 3.8) is 0 Å². The summed E-state index contributed by atoms with van der Waals surface area (Å²) < 4.78 is 5.82. The standard InChI is InChI=1S/C28H33N3O2/c1-29-20-22-12-14-23(15-13-22)21-31-18-16-26(17-19-31)33-28(32)30-27(24-8-4-2-5-9-24)25-10-6-3-7-11-25/h2-15,26-27,29H,16-21H2,1H3,(H,30,32). The van der Waals surface area contributed by atoms with Gasteiger partial charge in [0.1, 0.15) is 6.10 Å². The van der Waals surface area contributed by atoms with Crippen LogP contribution in [0.3, 0.4) is 0 Å². The van der Waals surface area contributed by atoms with Gasteiger partial charge in [-0.15, -0.1) is 0 Å². The second-order valence-corrected chi connectivity index (χ2v) is 8.63. The zero-order chi connectivity index (χ0) is 22.9. The van der Waals surface area contributed by atoms with Crippen molar-refractivity contribution >= 4 is 6.09 Å². The molecule has 172 valence electrons. The minimum absolute atomic E-state index is 0.0496. The minimum atomic E-state index is -0.355. The maximum absolute atomic E-state index is 12.8. The Labute approximate surface area is 196 Å². The van der Waals surface area contributed by atoms with Crippen LogP contribution in [0.25, 0.3) is 0 Å². The molecule has 0 saturated carbocycles. The first-order valence-electron chi connectivity index (χ1n) is 11.7. The van der Waals surface area contributed by atoms with Crippen molar-refractivity contribution in [2.24, 2.45) is 0 Å². The van der Waals surface area contributed by atoms with Gasteiger partial charge in [-0.2, -0.15) is 0 Å². The van der Waals surface area contributed by atoms with E-state index in [9.17, 15) is 4.79 Å². The third-order valence-corrected chi connectivity index (χ3v) is 6.15. The number of carbonyl (C=O) groups excluding carboxylic acids is 1. The van der Waals surface area contributed by atoms with E-state index in [1.165, 1.54) is 11.1 Å². The van der Waals surface area contributed by atoms with E-state index in [0.29, 0.717) is 0 Å². The third-order valence-electron chi connectivity index (χ3n) is 6.15. The Bertz CT molecular complexity index is 945. The molecule has 1 aliphatic rings. The molecule has 0 aromatic heterocycles. The molecule has 0 bridgehead atoms. The van der Waals surface area contributed by atoms with Crippen LogP contribution in [0.15, 0.2) is 84.9 Å². The summed E-state index contributed by atoms with van der Waals surface area (Å²) in [5.41, 5.74) is 4.69. The minimum Gasteiger partial charge on any atom is -0.446 e.